The molecule has 5 nitrogen and oxygen atoms in total. The number of carbonyl (C=O) groups excluding carboxylic acids is 2. The van der Waals surface area contributed by atoms with E-state index in [1.807, 2.05) is 83.9 Å². The van der Waals surface area contributed by atoms with Crippen LogP contribution < -0.4 is 4.90 Å². The normalized spacial score (nSPS) is 16.4. The Morgan fingerprint density at radius 3 is 2.23 bits per heavy atom. The summed E-state index contributed by atoms with van der Waals surface area (Å²) in [4.78, 5) is 31.2. The first-order chi connectivity index (χ1) is 17.1. The number of hydrogen-bond acceptors (Lipinski definition) is 2. The molecule has 3 aromatic carbocycles. The van der Waals surface area contributed by atoms with E-state index in [1.54, 1.807) is 4.90 Å². The van der Waals surface area contributed by atoms with E-state index >= 15 is 0 Å². The summed E-state index contributed by atoms with van der Waals surface area (Å²) in [6, 6.07) is 29.3. The first kappa shape index (κ1) is 21.9. The van der Waals surface area contributed by atoms with E-state index in [0.717, 1.165) is 39.9 Å². The van der Waals surface area contributed by atoms with E-state index < -0.39 is 0 Å². The van der Waals surface area contributed by atoms with E-state index in [0.29, 0.717) is 5.56 Å². The van der Waals surface area contributed by atoms with Crippen LogP contribution in [0.3, 0.4) is 0 Å². The van der Waals surface area contributed by atoms with Crippen molar-refractivity contribution in [1.29, 1.82) is 0 Å². The van der Waals surface area contributed by atoms with Crippen molar-refractivity contribution >= 4 is 33.4 Å². The number of fused-ring (bicyclic) bond motifs is 3. The third-order valence-corrected chi connectivity index (χ3v) is 7.28. The zero-order valence-corrected chi connectivity index (χ0v) is 20.6. The summed E-state index contributed by atoms with van der Waals surface area (Å²) in [5.74, 6) is -0.186. The summed E-state index contributed by atoms with van der Waals surface area (Å²) in [5.41, 5.74) is 4.47. The molecule has 0 bridgehead atoms. The number of halogens is 1. The first-order valence-corrected chi connectivity index (χ1v) is 12.6. The Bertz CT molecular complexity index is 1390. The molecule has 2 aliphatic rings. The lowest BCUT2D eigenvalue weighted by Crippen LogP contribution is -2.47. The third-order valence-electron chi connectivity index (χ3n) is 6.75. The Labute approximate surface area is 212 Å². The topological polar surface area (TPSA) is 45.6 Å². The van der Waals surface area contributed by atoms with Gasteiger partial charge in [0.25, 0.3) is 5.91 Å². The summed E-state index contributed by atoms with van der Waals surface area (Å²) in [6.07, 6.45) is 3.90. The van der Waals surface area contributed by atoms with Gasteiger partial charge in [0, 0.05) is 22.3 Å². The second kappa shape index (κ2) is 8.86. The van der Waals surface area contributed by atoms with Crippen LogP contribution in [0.4, 0.5) is 5.69 Å². The molecule has 0 N–H and O–H groups in total. The third kappa shape index (κ3) is 3.98. The number of carbonyl (C=O) groups is 2. The molecule has 2 heterocycles. The highest BCUT2D eigenvalue weighted by Gasteiger charge is 2.40. The summed E-state index contributed by atoms with van der Waals surface area (Å²) >= 11 is 3.43. The zero-order valence-electron chi connectivity index (χ0n) is 19.0. The van der Waals surface area contributed by atoms with Crippen molar-refractivity contribution in [3.05, 3.63) is 118 Å². The molecular formula is C29H24BrN3O2. The summed E-state index contributed by atoms with van der Waals surface area (Å²) in [5, 5.41) is 0. The maximum absolute atomic E-state index is 14.1. The van der Waals surface area contributed by atoms with Gasteiger partial charge in [-0.25, -0.2) is 0 Å². The molecule has 1 aliphatic carbocycles. The minimum Gasteiger partial charge on any atom is -0.326 e. The molecule has 0 radical (unpaired) electrons. The van der Waals surface area contributed by atoms with Gasteiger partial charge in [0.05, 0.1) is 17.1 Å². The highest BCUT2D eigenvalue weighted by molar-refractivity contribution is 9.10. The lowest BCUT2D eigenvalue weighted by atomic mass is 9.97. The Kier molecular flexibility index (Phi) is 5.53. The average molecular weight is 526 g/mol. The van der Waals surface area contributed by atoms with Gasteiger partial charge >= 0.3 is 0 Å². The molecule has 1 aromatic heterocycles. The molecule has 2 amide bonds. The molecule has 6 rings (SSSR count). The van der Waals surface area contributed by atoms with Crippen molar-refractivity contribution < 1.29 is 9.59 Å². The molecule has 0 spiro atoms. The molecule has 0 saturated heterocycles. The highest BCUT2D eigenvalue weighted by Crippen LogP contribution is 2.42. The average Bonchev–Trinajstić information content (AvgIpc) is 3.62. The first-order valence-electron chi connectivity index (χ1n) is 11.8. The van der Waals surface area contributed by atoms with Crippen molar-refractivity contribution in [2.75, 3.05) is 11.4 Å². The van der Waals surface area contributed by atoms with E-state index in [1.165, 1.54) is 0 Å². The number of anilines is 1. The SMILES string of the molecule is O=C(c1ccc(Br)cc1)N(CC(=O)N1c2ccccc2-n2cccc2C1c1ccccc1)C1CC1. The Morgan fingerprint density at radius 2 is 1.51 bits per heavy atom. The molecule has 174 valence electrons. The molecular weight excluding hydrogens is 502 g/mol. The maximum Gasteiger partial charge on any atom is 0.254 e. The second-order valence-corrected chi connectivity index (χ2v) is 9.96. The van der Waals surface area contributed by atoms with Crippen molar-refractivity contribution in [3.63, 3.8) is 0 Å². The van der Waals surface area contributed by atoms with E-state index in [2.05, 4.69) is 38.7 Å². The Morgan fingerprint density at radius 1 is 0.829 bits per heavy atom. The Hall–Kier alpha value is -3.64. The number of nitrogens with zero attached hydrogens (tertiary/aromatic N) is 3. The smallest absolute Gasteiger partial charge is 0.254 e. The van der Waals surface area contributed by atoms with Gasteiger partial charge in [-0.1, -0.05) is 58.4 Å². The monoisotopic (exact) mass is 525 g/mol. The van der Waals surface area contributed by atoms with Crippen LogP contribution in [0.2, 0.25) is 0 Å². The molecule has 1 fully saturated rings. The van der Waals surface area contributed by atoms with Crippen LogP contribution in [-0.2, 0) is 4.79 Å². The maximum atomic E-state index is 14.1. The van der Waals surface area contributed by atoms with Crippen LogP contribution in [0.25, 0.3) is 5.69 Å². The van der Waals surface area contributed by atoms with Gasteiger partial charge in [0.2, 0.25) is 5.91 Å². The molecule has 4 aromatic rings. The molecule has 1 unspecified atom stereocenters. The lowest BCUT2D eigenvalue weighted by molar-refractivity contribution is -0.119. The summed E-state index contributed by atoms with van der Waals surface area (Å²) in [6.45, 7) is 0.0396. The second-order valence-electron chi connectivity index (χ2n) is 9.04. The van der Waals surface area contributed by atoms with Crippen LogP contribution in [0.15, 0.2) is 102 Å². The molecule has 1 saturated carbocycles. The standard InChI is InChI=1S/C29H24BrN3O2/c30-22-14-12-21(13-15-22)29(35)32(23-16-17-23)19-27(34)33-25-10-5-4-9-24(25)31-18-6-11-26(31)28(33)20-7-2-1-3-8-20/h1-15,18,23,28H,16-17,19H2. The minimum atomic E-state index is -0.280. The molecule has 6 heteroatoms. The predicted molar refractivity (Wildman–Crippen MR) is 140 cm³/mol. The number of aromatic nitrogens is 1. The van der Waals surface area contributed by atoms with Gasteiger partial charge < -0.3 is 9.47 Å². The van der Waals surface area contributed by atoms with Crippen molar-refractivity contribution in [2.45, 2.75) is 24.9 Å². The van der Waals surface area contributed by atoms with Gasteiger partial charge in [-0.2, -0.15) is 0 Å². The van der Waals surface area contributed by atoms with Crippen molar-refractivity contribution in [1.82, 2.24) is 9.47 Å². The van der Waals surface area contributed by atoms with E-state index in [-0.39, 0.29) is 30.4 Å². The van der Waals surface area contributed by atoms with Gasteiger partial charge in [0.1, 0.15) is 12.6 Å². The molecule has 1 aliphatic heterocycles. The fourth-order valence-electron chi connectivity index (χ4n) is 4.95. The summed E-state index contributed by atoms with van der Waals surface area (Å²) < 4.78 is 3.07. The number of benzene rings is 3. The van der Waals surface area contributed by atoms with Crippen LogP contribution in [0.5, 0.6) is 0 Å². The number of rotatable bonds is 5. The minimum absolute atomic E-state index is 0.0396. The largest absolute Gasteiger partial charge is 0.326 e. The fourth-order valence-corrected chi connectivity index (χ4v) is 5.21. The van der Waals surface area contributed by atoms with E-state index in [9.17, 15) is 9.59 Å². The fraction of sp³-hybridized carbons (Fsp3) is 0.172. The molecule has 35 heavy (non-hydrogen) atoms. The van der Waals surface area contributed by atoms with Gasteiger partial charge in [-0.05, 0) is 66.9 Å². The van der Waals surface area contributed by atoms with Crippen LogP contribution in [0.1, 0.15) is 40.5 Å². The zero-order chi connectivity index (χ0) is 23.9. The lowest BCUT2D eigenvalue weighted by Gasteiger charge is -2.39. The number of hydrogen-bond donors (Lipinski definition) is 0. The van der Waals surface area contributed by atoms with Crippen LogP contribution in [-0.4, -0.2) is 33.9 Å². The number of amides is 2. The van der Waals surface area contributed by atoms with Gasteiger partial charge in [-0.15, -0.1) is 0 Å². The van der Waals surface area contributed by atoms with Gasteiger partial charge in [0.15, 0.2) is 0 Å². The predicted octanol–water partition coefficient (Wildman–Crippen LogP) is 5.98. The van der Waals surface area contributed by atoms with E-state index in [4.69, 9.17) is 0 Å². The van der Waals surface area contributed by atoms with Gasteiger partial charge in [-0.3, -0.25) is 14.5 Å². The Balaban J connectivity index is 1.40. The number of para-hydroxylation sites is 2. The summed E-state index contributed by atoms with van der Waals surface area (Å²) in [7, 11) is 0. The molecule has 1 atom stereocenters. The van der Waals surface area contributed by atoms with Crippen LogP contribution >= 0.6 is 15.9 Å². The quantitative estimate of drug-likeness (QED) is 0.321. The van der Waals surface area contributed by atoms with Crippen molar-refractivity contribution in [3.8, 4) is 5.69 Å². The highest BCUT2D eigenvalue weighted by atomic mass is 79.9. The van der Waals surface area contributed by atoms with Crippen LogP contribution in [0, 0.1) is 0 Å². The van der Waals surface area contributed by atoms with Crippen molar-refractivity contribution in [2.24, 2.45) is 0 Å².